The molecular weight excluding hydrogens is 316 g/mol. The van der Waals surface area contributed by atoms with Gasteiger partial charge in [-0.3, -0.25) is 9.59 Å². The fourth-order valence-electron chi connectivity index (χ4n) is 2.82. The molecule has 0 saturated heterocycles. The third kappa shape index (κ3) is 3.61. The molecule has 0 bridgehead atoms. The van der Waals surface area contributed by atoms with E-state index in [1.807, 2.05) is 48.6 Å². The molecule has 0 saturated carbocycles. The van der Waals surface area contributed by atoms with E-state index in [9.17, 15) is 9.59 Å². The number of fused-ring (bicyclic) bond motifs is 2. The Labute approximate surface area is 146 Å². The molecule has 2 amide bonds. The normalized spacial score (nSPS) is 15.2. The number of benzene rings is 2. The first-order valence-corrected chi connectivity index (χ1v) is 8.16. The molecule has 2 aromatic rings. The van der Waals surface area contributed by atoms with E-state index >= 15 is 0 Å². The van der Waals surface area contributed by atoms with Crippen LogP contribution in [0, 0.1) is 0 Å². The van der Waals surface area contributed by atoms with Gasteiger partial charge in [0.1, 0.15) is 0 Å². The highest BCUT2D eigenvalue weighted by Crippen LogP contribution is 2.28. The third-order valence-corrected chi connectivity index (χ3v) is 4.22. The number of anilines is 1. The number of aliphatic hydroxyl groups is 1. The van der Waals surface area contributed by atoms with Crippen molar-refractivity contribution in [3.63, 3.8) is 0 Å². The van der Waals surface area contributed by atoms with Crippen LogP contribution in [-0.4, -0.2) is 30.1 Å². The summed E-state index contributed by atoms with van der Waals surface area (Å²) in [6.07, 6.45) is 4.73. The van der Waals surface area contributed by atoms with Crippen LogP contribution in [0.2, 0.25) is 0 Å². The van der Waals surface area contributed by atoms with Gasteiger partial charge in [-0.15, -0.1) is 0 Å². The molecule has 3 rings (SSSR count). The molecule has 1 atom stereocenters. The van der Waals surface area contributed by atoms with Crippen molar-refractivity contribution in [2.75, 3.05) is 11.5 Å². The molecule has 0 fully saturated rings. The molecule has 2 N–H and O–H groups in total. The third-order valence-electron chi connectivity index (χ3n) is 4.22. The predicted molar refractivity (Wildman–Crippen MR) is 98.1 cm³/mol. The molecule has 1 aliphatic heterocycles. The molecule has 1 heterocycles. The number of nitrogens with one attached hydrogen (secondary N) is 1. The Morgan fingerprint density at radius 2 is 2.00 bits per heavy atom. The number of para-hydroxylation sites is 1. The van der Waals surface area contributed by atoms with Gasteiger partial charge in [-0.1, -0.05) is 36.4 Å². The summed E-state index contributed by atoms with van der Waals surface area (Å²) in [5, 5.41) is 11.8. The van der Waals surface area contributed by atoms with Crippen LogP contribution < -0.4 is 10.2 Å². The van der Waals surface area contributed by atoms with Gasteiger partial charge < -0.3 is 15.3 Å². The fourth-order valence-corrected chi connectivity index (χ4v) is 2.82. The van der Waals surface area contributed by atoms with Crippen LogP contribution in [0.25, 0.3) is 12.2 Å². The van der Waals surface area contributed by atoms with Gasteiger partial charge in [-0.25, -0.2) is 0 Å². The van der Waals surface area contributed by atoms with Gasteiger partial charge in [0.25, 0.3) is 5.91 Å². The summed E-state index contributed by atoms with van der Waals surface area (Å²) in [6.45, 7) is 2.07. The molecule has 1 aliphatic rings. The van der Waals surface area contributed by atoms with Crippen LogP contribution in [0.1, 0.15) is 34.0 Å². The van der Waals surface area contributed by atoms with Gasteiger partial charge >= 0.3 is 0 Å². The number of hydrogen-bond donors (Lipinski definition) is 2. The van der Waals surface area contributed by atoms with Gasteiger partial charge in [0.05, 0.1) is 18.8 Å². The monoisotopic (exact) mass is 336 g/mol. The molecule has 25 heavy (non-hydrogen) atoms. The maximum absolute atomic E-state index is 12.3. The lowest BCUT2D eigenvalue weighted by molar-refractivity contribution is -0.107. The van der Waals surface area contributed by atoms with E-state index in [1.54, 1.807) is 17.9 Å². The van der Waals surface area contributed by atoms with Crippen LogP contribution >= 0.6 is 0 Å². The van der Waals surface area contributed by atoms with Crippen molar-refractivity contribution in [3.8, 4) is 0 Å². The van der Waals surface area contributed by atoms with Crippen LogP contribution in [0.15, 0.2) is 42.5 Å². The second-order valence-electron chi connectivity index (χ2n) is 6.10. The smallest absolute Gasteiger partial charge is 0.251 e. The van der Waals surface area contributed by atoms with Crippen molar-refractivity contribution >= 4 is 30.2 Å². The molecular formula is C20H20N2O3. The lowest BCUT2D eigenvalue weighted by Crippen LogP contribution is -2.35. The number of rotatable bonds is 4. The Hall–Kier alpha value is -2.92. The van der Waals surface area contributed by atoms with Gasteiger partial charge in [0.15, 0.2) is 0 Å². The van der Waals surface area contributed by atoms with Crippen molar-refractivity contribution in [3.05, 3.63) is 64.7 Å². The maximum Gasteiger partial charge on any atom is 0.251 e. The van der Waals surface area contributed by atoms with E-state index in [2.05, 4.69) is 5.32 Å². The number of hydrogen-bond acceptors (Lipinski definition) is 3. The predicted octanol–water partition coefficient (Wildman–Crippen LogP) is 2.44. The molecule has 0 radical (unpaired) electrons. The maximum atomic E-state index is 12.3. The SMILES string of the molecule is CC(CO)NC(=O)c1ccc2c(c1)/C=C\c1ccccc1N(C=O)C2. The van der Waals surface area contributed by atoms with Crippen LogP contribution in [-0.2, 0) is 11.3 Å². The lowest BCUT2D eigenvalue weighted by Gasteiger charge is -2.23. The second-order valence-corrected chi connectivity index (χ2v) is 6.10. The zero-order chi connectivity index (χ0) is 17.8. The Balaban J connectivity index is 1.98. The number of carbonyl (C=O) groups is 2. The Morgan fingerprint density at radius 1 is 1.24 bits per heavy atom. The fraction of sp³-hybridized carbons (Fsp3) is 0.200. The zero-order valence-corrected chi connectivity index (χ0v) is 14.0. The summed E-state index contributed by atoms with van der Waals surface area (Å²) in [5.41, 5.74) is 4.19. The molecule has 5 heteroatoms. The first-order chi connectivity index (χ1) is 12.1. The molecule has 1 unspecified atom stereocenters. The summed E-state index contributed by atoms with van der Waals surface area (Å²) < 4.78 is 0. The number of nitrogens with zero attached hydrogens (tertiary/aromatic N) is 1. The van der Waals surface area contributed by atoms with E-state index in [0.717, 1.165) is 28.8 Å². The average molecular weight is 336 g/mol. The second kappa shape index (κ2) is 7.32. The minimum absolute atomic E-state index is 0.109. The summed E-state index contributed by atoms with van der Waals surface area (Å²) in [4.78, 5) is 25.5. The van der Waals surface area contributed by atoms with Gasteiger partial charge in [-0.2, -0.15) is 0 Å². The van der Waals surface area contributed by atoms with Gasteiger partial charge in [0.2, 0.25) is 6.41 Å². The van der Waals surface area contributed by atoms with E-state index in [4.69, 9.17) is 5.11 Å². The highest BCUT2D eigenvalue weighted by molar-refractivity contribution is 5.96. The molecule has 0 aromatic heterocycles. The van der Waals surface area contributed by atoms with Crippen molar-refractivity contribution in [1.29, 1.82) is 0 Å². The summed E-state index contributed by atoms with van der Waals surface area (Å²) >= 11 is 0. The molecule has 5 nitrogen and oxygen atoms in total. The number of aliphatic hydroxyl groups excluding tert-OH is 1. The van der Waals surface area contributed by atoms with Crippen LogP contribution in [0.3, 0.4) is 0 Å². The Bertz CT molecular complexity index is 829. The Morgan fingerprint density at radius 3 is 2.76 bits per heavy atom. The molecule has 0 spiro atoms. The van der Waals surface area contributed by atoms with E-state index in [-0.39, 0.29) is 18.6 Å². The first-order valence-electron chi connectivity index (χ1n) is 8.16. The highest BCUT2D eigenvalue weighted by atomic mass is 16.3. The summed E-state index contributed by atoms with van der Waals surface area (Å²) in [6, 6.07) is 12.8. The van der Waals surface area contributed by atoms with E-state index in [0.29, 0.717) is 12.1 Å². The van der Waals surface area contributed by atoms with Crippen molar-refractivity contribution in [2.45, 2.75) is 19.5 Å². The zero-order valence-electron chi connectivity index (χ0n) is 14.0. The van der Waals surface area contributed by atoms with E-state index < -0.39 is 0 Å². The minimum atomic E-state index is -0.303. The highest BCUT2D eigenvalue weighted by Gasteiger charge is 2.16. The summed E-state index contributed by atoms with van der Waals surface area (Å²) in [7, 11) is 0. The van der Waals surface area contributed by atoms with E-state index in [1.165, 1.54) is 0 Å². The van der Waals surface area contributed by atoms with Gasteiger partial charge in [0, 0.05) is 11.6 Å². The molecule has 128 valence electrons. The Kier molecular flexibility index (Phi) is 4.95. The van der Waals surface area contributed by atoms with Gasteiger partial charge in [-0.05, 0) is 41.8 Å². The van der Waals surface area contributed by atoms with Crippen LogP contribution in [0.5, 0.6) is 0 Å². The topological polar surface area (TPSA) is 69.6 Å². The molecule has 0 aliphatic carbocycles. The number of amides is 2. The summed E-state index contributed by atoms with van der Waals surface area (Å²) in [5.74, 6) is -0.229. The standard InChI is InChI=1S/C20H20N2O3/c1-14(12-23)21-20(25)17-8-9-18-11-22(13-24)19-5-3-2-4-15(19)6-7-16(18)10-17/h2-10,13-14,23H,11-12H2,1H3,(H,21,25)/b7-6-. The van der Waals surface area contributed by atoms with Crippen molar-refractivity contribution < 1.29 is 14.7 Å². The van der Waals surface area contributed by atoms with Crippen molar-refractivity contribution in [1.82, 2.24) is 5.32 Å². The lowest BCUT2D eigenvalue weighted by atomic mass is 9.99. The number of carbonyl (C=O) groups excluding carboxylic acids is 2. The largest absolute Gasteiger partial charge is 0.394 e. The van der Waals surface area contributed by atoms with Crippen LogP contribution in [0.4, 0.5) is 5.69 Å². The minimum Gasteiger partial charge on any atom is -0.394 e. The van der Waals surface area contributed by atoms with Crippen molar-refractivity contribution in [2.24, 2.45) is 0 Å². The quantitative estimate of drug-likeness (QED) is 0.843. The average Bonchev–Trinajstić information content (AvgIpc) is 2.63. The first kappa shape index (κ1) is 16.9. The molecule has 2 aromatic carbocycles.